The summed E-state index contributed by atoms with van der Waals surface area (Å²) in [6, 6.07) is 19.4. The standard InChI is InChI=1S/C22H20N2O6S/c1-16-12-13-18(24(26)27)14-21(16)31(28,29)23(15-22(25)30-2)20-11-7-6-10-19(20)17-8-4-3-5-9-17/h3-14H,15H2,1-2H3. The molecule has 0 atom stereocenters. The van der Waals surface area contributed by atoms with E-state index in [9.17, 15) is 23.3 Å². The number of ether oxygens (including phenoxy) is 1. The van der Waals surface area contributed by atoms with Crippen molar-refractivity contribution in [2.75, 3.05) is 18.0 Å². The van der Waals surface area contributed by atoms with E-state index in [4.69, 9.17) is 4.74 Å². The number of esters is 1. The van der Waals surface area contributed by atoms with Gasteiger partial charge in [-0.05, 0) is 24.1 Å². The zero-order valence-electron chi connectivity index (χ0n) is 16.9. The number of methoxy groups -OCH3 is 1. The van der Waals surface area contributed by atoms with Gasteiger partial charge in [0.1, 0.15) is 6.54 Å². The fourth-order valence-corrected chi connectivity index (χ4v) is 4.81. The summed E-state index contributed by atoms with van der Waals surface area (Å²) in [6.07, 6.45) is 0. The number of para-hydroxylation sites is 1. The maximum Gasteiger partial charge on any atom is 0.326 e. The minimum absolute atomic E-state index is 0.255. The number of anilines is 1. The number of carbonyl (C=O) groups is 1. The number of rotatable bonds is 7. The lowest BCUT2D eigenvalue weighted by Crippen LogP contribution is -2.37. The van der Waals surface area contributed by atoms with Crippen LogP contribution in [0.4, 0.5) is 11.4 Å². The van der Waals surface area contributed by atoms with Crippen molar-refractivity contribution in [1.29, 1.82) is 0 Å². The summed E-state index contributed by atoms with van der Waals surface area (Å²) in [6.45, 7) is 0.945. The fourth-order valence-electron chi connectivity index (χ4n) is 3.13. The van der Waals surface area contributed by atoms with E-state index in [0.717, 1.165) is 23.0 Å². The highest BCUT2D eigenvalue weighted by Gasteiger charge is 2.31. The van der Waals surface area contributed by atoms with Crippen molar-refractivity contribution in [2.45, 2.75) is 11.8 Å². The van der Waals surface area contributed by atoms with Crippen molar-refractivity contribution in [3.8, 4) is 11.1 Å². The van der Waals surface area contributed by atoms with Crippen molar-refractivity contribution in [2.24, 2.45) is 0 Å². The molecule has 0 aliphatic carbocycles. The van der Waals surface area contributed by atoms with Crippen LogP contribution in [0, 0.1) is 17.0 Å². The zero-order valence-corrected chi connectivity index (χ0v) is 17.7. The SMILES string of the molecule is COC(=O)CN(c1ccccc1-c1ccccc1)S(=O)(=O)c1cc([N+](=O)[O-])ccc1C. The van der Waals surface area contributed by atoms with E-state index in [1.54, 1.807) is 24.3 Å². The molecule has 160 valence electrons. The summed E-state index contributed by atoms with van der Waals surface area (Å²) in [5.74, 6) is -0.769. The molecule has 0 aromatic heterocycles. The van der Waals surface area contributed by atoms with Crippen LogP contribution >= 0.6 is 0 Å². The lowest BCUT2D eigenvalue weighted by Gasteiger charge is -2.26. The molecule has 0 aliphatic rings. The predicted molar refractivity (Wildman–Crippen MR) is 116 cm³/mol. The normalized spacial score (nSPS) is 11.0. The predicted octanol–water partition coefficient (Wildman–Crippen LogP) is 3.94. The molecular weight excluding hydrogens is 420 g/mol. The van der Waals surface area contributed by atoms with Gasteiger partial charge in [-0.2, -0.15) is 0 Å². The summed E-state index contributed by atoms with van der Waals surface area (Å²) in [7, 11) is -3.19. The fraction of sp³-hybridized carbons (Fsp3) is 0.136. The monoisotopic (exact) mass is 440 g/mol. The minimum atomic E-state index is -4.35. The third-order valence-corrected chi connectivity index (χ3v) is 6.61. The van der Waals surface area contributed by atoms with Gasteiger partial charge in [0, 0.05) is 17.7 Å². The van der Waals surface area contributed by atoms with E-state index < -0.39 is 27.5 Å². The summed E-state index contributed by atoms with van der Waals surface area (Å²) in [4.78, 5) is 22.4. The van der Waals surface area contributed by atoms with Crippen LogP contribution in [0.3, 0.4) is 0 Å². The van der Waals surface area contributed by atoms with E-state index in [2.05, 4.69) is 0 Å². The lowest BCUT2D eigenvalue weighted by molar-refractivity contribution is -0.385. The highest BCUT2D eigenvalue weighted by atomic mass is 32.2. The van der Waals surface area contributed by atoms with Gasteiger partial charge >= 0.3 is 5.97 Å². The van der Waals surface area contributed by atoms with Crippen molar-refractivity contribution in [1.82, 2.24) is 0 Å². The van der Waals surface area contributed by atoms with Crippen LogP contribution in [0.15, 0.2) is 77.7 Å². The number of benzene rings is 3. The van der Waals surface area contributed by atoms with Gasteiger partial charge in [-0.1, -0.05) is 54.6 Å². The number of hydrogen-bond donors (Lipinski definition) is 0. The number of hydrogen-bond acceptors (Lipinski definition) is 6. The van der Waals surface area contributed by atoms with Gasteiger partial charge in [0.2, 0.25) is 0 Å². The summed E-state index contributed by atoms with van der Waals surface area (Å²) < 4.78 is 33.0. The quantitative estimate of drug-likeness (QED) is 0.313. The Hall–Kier alpha value is -3.72. The van der Waals surface area contributed by atoms with Crippen molar-refractivity contribution < 1.29 is 22.9 Å². The van der Waals surface area contributed by atoms with E-state index >= 15 is 0 Å². The van der Waals surface area contributed by atoms with Gasteiger partial charge in [0.15, 0.2) is 0 Å². The Morgan fingerprint density at radius 3 is 2.32 bits per heavy atom. The molecule has 0 aliphatic heterocycles. The summed E-state index contributed by atoms with van der Waals surface area (Å²) >= 11 is 0. The second-order valence-electron chi connectivity index (χ2n) is 6.68. The average molecular weight is 440 g/mol. The molecule has 8 nitrogen and oxygen atoms in total. The van der Waals surface area contributed by atoms with Gasteiger partial charge in [0.05, 0.1) is 22.6 Å². The van der Waals surface area contributed by atoms with Crippen LogP contribution in [-0.2, 0) is 19.6 Å². The second-order valence-corrected chi connectivity index (χ2v) is 8.51. The van der Waals surface area contributed by atoms with Gasteiger partial charge in [-0.15, -0.1) is 0 Å². The van der Waals surface area contributed by atoms with Crippen LogP contribution in [0.25, 0.3) is 11.1 Å². The molecule has 0 saturated heterocycles. The topological polar surface area (TPSA) is 107 Å². The highest BCUT2D eigenvalue weighted by molar-refractivity contribution is 7.93. The molecule has 0 N–H and O–H groups in total. The maximum atomic E-state index is 13.7. The molecule has 9 heteroatoms. The molecule has 3 aromatic rings. The molecule has 0 heterocycles. The van der Waals surface area contributed by atoms with Crippen LogP contribution in [0.2, 0.25) is 0 Å². The summed E-state index contributed by atoms with van der Waals surface area (Å²) in [5, 5.41) is 11.2. The number of aryl methyl sites for hydroxylation is 1. The average Bonchev–Trinajstić information content (AvgIpc) is 2.77. The van der Waals surface area contributed by atoms with Gasteiger partial charge < -0.3 is 4.74 Å². The Bertz CT molecular complexity index is 1230. The number of nitro benzene ring substituents is 1. The Kier molecular flexibility index (Phi) is 6.36. The van der Waals surface area contributed by atoms with Crippen LogP contribution in [-0.4, -0.2) is 33.0 Å². The zero-order chi connectivity index (χ0) is 22.6. The van der Waals surface area contributed by atoms with E-state index in [1.165, 1.54) is 19.1 Å². The Labute approximate surface area is 179 Å². The molecule has 0 bridgehead atoms. The smallest absolute Gasteiger partial charge is 0.326 e. The van der Waals surface area contributed by atoms with Crippen molar-refractivity contribution >= 4 is 27.4 Å². The molecule has 0 fully saturated rings. The van der Waals surface area contributed by atoms with Crippen LogP contribution in [0.1, 0.15) is 5.56 Å². The lowest BCUT2D eigenvalue weighted by atomic mass is 10.0. The Balaban J connectivity index is 2.24. The number of nitrogens with zero attached hydrogens (tertiary/aromatic N) is 2. The van der Waals surface area contributed by atoms with E-state index in [-0.39, 0.29) is 16.3 Å². The first-order valence-corrected chi connectivity index (χ1v) is 10.7. The first-order chi connectivity index (χ1) is 14.8. The molecule has 0 amide bonds. The van der Waals surface area contributed by atoms with Crippen molar-refractivity contribution in [3.63, 3.8) is 0 Å². The molecule has 3 aromatic carbocycles. The number of carbonyl (C=O) groups excluding carboxylic acids is 1. The van der Waals surface area contributed by atoms with E-state index in [0.29, 0.717) is 11.1 Å². The largest absolute Gasteiger partial charge is 0.468 e. The third-order valence-electron chi connectivity index (χ3n) is 4.71. The van der Waals surface area contributed by atoms with Crippen LogP contribution in [0.5, 0.6) is 0 Å². The van der Waals surface area contributed by atoms with E-state index in [1.807, 2.05) is 30.3 Å². The Morgan fingerprint density at radius 2 is 1.68 bits per heavy atom. The Morgan fingerprint density at radius 1 is 1.03 bits per heavy atom. The maximum absolute atomic E-state index is 13.7. The molecule has 0 spiro atoms. The molecular formula is C22H20N2O6S. The minimum Gasteiger partial charge on any atom is -0.468 e. The second kappa shape index (κ2) is 8.97. The van der Waals surface area contributed by atoms with Gasteiger partial charge in [0.25, 0.3) is 15.7 Å². The number of non-ortho nitro benzene ring substituents is 1. The first-order valence-electron chi connectivity index (χ1n) is 9.24. The molecule has 0 radical (unpaired) electrons. The van der Waals surface area contributed by atoms with Crippen LogP contribution < -0.4 is 4.31 Å². The first kappa shape index (κ1) is 22.0. The van der Waals surface area contributed by atoms with Gasteiger partial charge in [-0.25, -0.2) is 8.42 Å². The number of sulfonamides is 1. The summed E-state index contributed by atoms with van der Waals surface area (Å²) in [5.41, 5.74) is 1.54. The molecule has 0 saturated carbocycles. The number of nitro groups is 1. The third kappa shape index (κ3) is 4.56. The molecule has 31 heavy (non-hydrogen) atoms. The van der Waals surface area contributed by atoms with Gasteiger partial charge in [-0.3, -0.25) is 19.2 Å². The molecule has 3 rings (SSSR count). The highest BCUT2D eigenvalue weighted by Crippen LogP contribution is 2.35. The van der Waals surface area contributed by atoms with Crippen molar-refractivity contribution in [3.05, 3.63) is 88.5 Å². The molecule has 0 unspecified atom stereocenters.